The summed E-state index contributed by atoms with van der Waals surface area (Å²) in [6.07, 6.45) is 0.658. The number of nitrogens with one attached hydrogen (secondary N) is 1. The van der Waals surface area contributed by atoms with E-state index in [4.69, 9.17) is 10.8 Å². The molecular formula is C14H20BrN3O2. The number of carbonyl (C=O) groups excluding carboxylic acids is 1. The molecule has 5 nitrogen and oxygen atoms in total. The maximum atomic E-state index is 12.6. The number of anilines is 1. The van der Waals surface area contributed by atoms with Gasteiger partial charge in [0.05, 0.1) is 0 Å². The van der Waals surface area contributed by atoms with Crippen molar-refractivity contribution in [3.63, 3.8) is 0 Å². The molecule has 4 N–H and O–H groups in total. The zero-order chi connectivity index (χ0) is 14.7. The summed E-state index contributed by atoms with van der Waals surface area (Å²) < 4.78 is 0.810. The summed E-state index contributed by atoms with van der Waals surface area (Å²) in [7, 11) is 0. The third-order valence-electron chi connectivity index (χ3n) is 3.59. The van der Waals surface area contributed by atoms with Crippen LogP contribution >= 0.6 is 15.9 Å². The van der Waals surface area contributed by atoms with Crippen molar-refractivity contribution in [1.82, 2.24) is 10.2 Å². The van der Waals surface area contributed by atoms with Crippen LogP contribution in [0.15, 0.2) is 16.6 Å². The summed E-state index contributed by atoms with van der Waals surface area (Å²) in [4.78, 5) is 14.4. The average Bonchev–Trinajstić information content (AvgIpc) is 2.43. The molecule has 110 valence electrons. The van der Waals surface area contributed by atoms with Crippen LogP contribution in [0, 0.1) is 6.92 Å². The minimum Gasteiger partial charge on any atom is -0.398 e. The van der Waals surface area contributed by atoms with E-state index in [1.165, 1.54) is 0 Å². The number of aryl methyl sites for hydroxylation is 1. The Morgan fingerprint density at radius 1 is 1.60 bits per heavy atom. The van der Waals surface area contributed by atoms with Crippen LogP contribution in [0.25, 0.3) is 0 Å². The van der Waals surface area contributed by atoms with E-state index in [1.54, 1.807) is 6.07 Å². The highest BCUT2D eigenvalue weighted by molar-refractivity contribution is 9.10. The van der Waals surface area contributed by atoms with Gasteiger partial charge < -0.3 is 21.1 Å². The molecule has 0 radical (unpaired) electrons. The maximum Gasteiger partial charge on any atom is 0.254 e. The monoisotopic (exact) mass is 341 g/mol. The Hall–Kier alpha value is -1.11. The molecule has 1 unspecified atom stereocenters. The fraction of sp³-hybridized carbons (Fsp3) is 0.500. The number of nitrogens with zero attached hydrogens (tertiary/aromatic N) is 1. The molecule has 1 heterocycles. The molecule has 2 rings (SSSR count). The number of aliphatic hydroxyl groups excluding tert-OH is 1. The molecule has 0 saturated carbocycles. The molecule has 1 aromatic carbocycles. The van der Waals surface area contributed by atoms with Gasteiger partial charge in [-0.3, -0.25) is 4.79 Å². The van der Waals surface area contributed by atoms with Crippen molar-refractivity contribution in [2.24, 2.45) is 0 Å². The first-order chi connectivity index (χ1) is 9.52. The number of halogens is 1. The molecule has 0 bridgehead atoms. The van der Waals surface area contributed by atoms with Gasteiger partial charge in [0.25, 0.3) is 5.91 Å². The largest absolute Gasteiger partial charge is 0.398 e. The number of rotatable bonds is 3. The number of aliphatic hydroxyl groups is 1. The van der Waals surface area contributed by atoms with Gasteiger partial charge in [0.1, 0.15) is 0 Å². The number of carbonyl (C=O) groups is 1. The van der Waals surface area contributed by atoms with E-state index in [1.807, 2.05) is 17.9 Å². The van der Waals surface area contributed by atoms with Crippen LogP contribution in [-0.4, -0.2) is 48.2 Å². The van der Waals surface area contributed by atoms with Crippen molar-refractivity contribution in [3.8, 4) is 0 Å². The summed E-state index contributed by atoms with van der Waals surface area (Å²) in [5.74, 6) is 0.00568. The molecule has 1 atom stereocenters. The van der Waals surface area contributed by atoms with E-state index < -0.39 is 0 Å². The van der Waals surface area contributed by atoms with Crippen molar-refractivity contribution >= 4 is 27.5 Å². The Labute approximate surface area is 127 Å². The molecule has 1 aromatic rings. The normalized spacial score (nSPS) is 19.1. The Morgan fingerprint density at radius 2 is 2.35 bits per heavy atom. The minimum atomic E-state index is 0.00568. The van der Waals surface area contributed by atoms with Gasteiger partial charge in [-0.1, -0.05) is 0 Å². The lowest BCUT2D eigenvalue weighted by molar-refractivity contribution is 0.0689. The number of piperazine rings is 1. The molecule has 20 heavy (non-hydrogen) atoms. The van der Waals surface area contributed by atoms with Crippen LogP contribution in [0.2, 0.25) is 0 Å². The number of nitrogen functional groups attached to an aromatic ring is 1. The van der Waals surface area contributed by atoms with Gasteiger partial charge in [-0.25, -0.2) is 0 Å². The maximum absolute atomic E-state index is 12.6. The topological polar surface area (TPSA) is 78.6 Å². The first kappa shape index (κ1) is 15.3. The van der Waals surface area contributed by atoms with Gasteiger partial charge in [-0.15, -0.1) is 0 Å². The second-order valence-corrected chi connectivity index (χ2v) is 5.96. The Balaban J connectivity index is 2.16. The third-order valence-corrected chi connectivity index (χ3v) is 4.28. The molecule has 0 aromatic heterocycles. The predicted octanol–water partition coefficient (Wildman–Crippen LogP) is 1.14. The smallest absolute Gasteiger partial charge is 0.254 e. The van der Waals surface area contributed by atoms with E-state index >= 15 is 0 Å². The summed E-state index contributed by atoms with van der Waals surface area (Å²) in [5.41, 5.74) is 8.00. The lowest BCUT2D eigenvalue weighted by Gasteiger charge is -2.34. The Bertz CT molecular complexity index is 505. The molecule has 1 amide bonds. The second kappa shape index (κ2) is 6.56. The predicted molar refractivity (Wildman–Crippen MR) is 82.7 cm³/mol. The first-order valence-corrected chi connectivity index (χ1v) is 7.51. The number of benzene rings is 1. The minimum absolute atomic E-state index is 0.00568. The van der Waals surface area contributed by atoms with E-state index in [-0.39, 0.29) is 18.6 Å². The van der Waals surface area contributed by atoms with Crippen molar-refractivity contribution in [2.75, 3.05) is 32.0 Å². The van der Waals surface area contributed by atoms with Gasteiger partial charge in [0.15, 0.2) is 0 Å². The lowest BCUT2D eigenvalue weighted by Crippen LogP contribution is -2.52. The van der Waals surface area contributed by atoms with Crippen LogP contribution < -0.4 is 11.1 Å². The van der Waals surface area contributed by atoms with Gasteiger partial charge in [-0.2, -0.15) is 0 Å². The van der Waals surface area contributed by atoms with Crippen molar-refractivity contribution in [3.05, 3.63) is 27.7 Å². The molecular weight excluding hydrogens is 322 g/mol. The van der Waals surface area contributed by atoms with Crippen molar-refractivity contribution < 1.29 is 9.90 Å². The third kappa shape index (κ3) is 3.31. The quantitative estimate of drug-likeness (QED) is 0.720. The van der Waals surface area contributed by atoms with Crippen LogP contribution in [0.5, 0.6) is 0 Å². The first-order valence-electron chi connectivity index (χ1n) is 6.72. The van der Waals surface area contributed by atoms with Crippen LogP contribution in [-0.2, 0) is 0 Å². The standard InChI is InChI=1S/C14H20BrN3O2/c1-9-6-12(15)13(16)7-11(9)14(20)18-4-3-17-10(8-18)2-5-19/h6-7,10,17,19H,2-5,8,16H2,1H3. The van der Waals surface area contributed by atoms with Crippen LogP contribution in [0.1, 0.15) is 22.3 Å². The SMILES string of the molecule is Cc1cc(Br)c(N)cc1C(=O)N1CCNC(CCO)C1. The lowest BCUT2D eigenvalue weighted by atomic mass is 10.0. The van der Waals surface area contributed by atoms with E-state index in [0.29, 0.717) is 30.8 Å². The summed E-state index contributed by atoms with van der Waals surface area (Å²) in [6, 6.07) is 3.76. The fourth-order valence-corrected chi connectivity index (χ4v) is 2.91. The second-order valence-electron chi connectivity index (χ2n) is 5.10. The van der Waals surface area contributed by atoms with Crippen molar-refractivity contribution in [1.29, 1.82) is 0 Å². The Kier molecular flexibility index (Phi) is 5.01. The molecule has 1 saturated heterocycles. The number of nitrogens with two attached hydrogens (primary N) is 1. The van der Waals surface area contributed by atoms with E-state index in [9.17, 15) is 4.79 Å². The van der Waals surface area contributed by atoms with Gasteiger partial charge in [0.2, 0.25) is 0 Å². The van der Waals surface area contributed by atoms with Gasteiger partial charge >= 0.3 is 0 Å². The zero-order valence-electron chi connectivity index (χ0n) is 11.5. The number of hydrogen-bond donors (Lipinski definition) is 3. The van der Waals surface area contributed by atoms with Gasteiger partial charge in [-0.05, 0) is 47.0 Å². The highest BCUT2D eigenvalue weighted by Gasteiger charge is 2.25. The summed E-state index contributed by atoms with van der Waals surface area (Å²) >= 11 is 3.37. The summed E-state index contributed by atoms with van der Waals surface area (Å²) in [6.45, 7) is 4.08. The van der Waals surface area contributed by atoms with Crippen LogP contribution in [0.3, 0.4) is 0 Å². The molecule has 1 aliphatic heterocycles. The molecule has 1 aliphatic rings. The van der Waals surface area contributed by atoms with E-state index in [2.05, 4.69) is 21.2 Å². The number of hydrogen-bond acceptors (Lipinski definition) is 4. The molecule has 0 aliphatic carbocycles. The molecule has 0 spiro atoms. The molecule has 6 heteroatoms. The zero-order valence-corrected chi connectivity index (χ0v) is 13.1. The summed E-state index contributed by atoms with van der Waals surface area (Å²) in [5, 5.41) is 12.3. The molecule has 1 fully saturated rings. The highest BCUT2D eigenvalue weighted by atomic mass is 79.9. The van der Waals surface area contributed by atoms with Gasteiger partial charge in [0, 0.05) is 48.0 Å². The Morgan fingerprint density at radius 3 is 3.05 bits per heavy atom. The highest BCUT2D eigenvalue weighted by Crippen LogP contribution is 2.25. The van der Waals surface area contributed by atoms with Crippen LogP contribution in [0.4, 0.5) is 5.69 Å². The number of amides is 1. The van der Waals surface area contributed by atoms with Crippen molar-refractivity contribution in [2.45, 2.75) is 19.4 Å². The fourth-order valence-electron chi connectivity index (χ4n) is 2.45. The van der Waals surface area contributed by atoms with E-state index in [0.717, 1.165) is 16.6 Å². The average molecular weight is 342 g/mol.